The predicted molar refractivity (Wildman–Crippen MR) is 95.4 cm³/mol. The van der Waals surface area contributed by atoms with Gasteiger partial charge in [-0.25, -0.2) is 0 Å². The van der Waals surface area contributed by atoms with Crippen molar-refractivity contribution in [1.29, 1.82) is 0 Å². The smallest absolute Gasteiger partial charge is 0.260 e. The number of aromatic nitrogens is 1. The molecule has 6 heteroatoms. The molecule has 1 amide bonds. The molecule has 2 heterocycles. The number of hydrogen-bond donors (Lipinski definition) is 0. The molecule has 128 valence electrons. The second-order valence-electron chi connectivity index (χ2n) is 6.24. The van der Waals surface area contributed by atoms with Gasteiger partial charge >= 0.3 is 0 Å². The number of piperazine rings is 1. The fraction of sp³-hybridized carbons (Fsp3) is 0.444. The Morgan fingerprint density at radius 2 is 1.88 bits per heavy atom. The molecule has 0 unspecified atom stereocenters. The van der Waals surface area contributed by atoms with Crippen molar-refractivity contribution in [2.75, 3.05) is 32.8 Å². The van der Waals surface area contributed by atoms with E-state index in [1.165, 1.54) is 4.88 Å². The van der Waals surface area contributed by atoms with Gasteiger partial charge < -0.3 is 9.64 Å². The summed E-state index contributed by atoms with van der Waals surface area (Å²) >= 11 is 1.68. The molecular formula is C18H23N3O2S. The molecule has 0 radical (unpaired) electrons. The maximum absolute atomic E-state index is 12.3. The average molecular weight is 345 g/mol. The zero-order valence-corrected chi connectivity index (χ0v) is 15.0. The molecular weight excluding hydrogens is 322 g/mol. The standard InChI is InChI=1S/C18H23N3O2S/c1-14-7-15(2)9-16(8-14)23-12-18(22)21-5-3-20(4-6-21)11-17-10-19-13-24-17/h7-10,13H,3-6,11-12H2,1-2H3. The van der Waals surface area contributed by atoms with Crippen LogP contribution in [0.25, 0.3) is 0 Å². The van der Waals surface area contributed by atoms with E-state index in [4.69, 9.17) is 4.74 Å². The van der Waals surface area contributed by atoms with Crippen LogP contribution in [0.15, 0.2) is 29.9 Å². The number of rotatable bonds is 5. The van der Waals surface area contributed by atoms with Gasteiger partial charge in [0.1, 0.15) is 5.75 Å². The van der Waals surface area contributed by atoms with Crippen molar-refractivity contribution < 1.29 is 9.53 Å². The van der Waals surface area contributed by atoms with Crippen molar-refractivity contribution in [1.82, 2.24) is 14.8 Å². The molecule has 0 N–H and O–H groups in total. The molecule has 1 saturated heterocycles. The Bertz CT molecular complexity index is 659. The lowest BCUT2D eigenvalue weighted by Crippen LogP contribution is -2.49. The third kappa shape index (κ3) is 4.55. The first-order chi connectivity index (χ1) is 11.6. The van der Waals surface area contributed by atoms with Crippen LogP contribution in [0.5, 0.6) is 5.75 Å². The van der Waals surface area contributed by atoms with Crippen LogP contribution in [-0.2, 0) is 11.3 Å². The van der Waals surface area contributed by atoms with Gasteiger partial charge in [0.15, 0.2) is 6.61 Å². The summed E-state index contributed by atoms with van der Waals surface area (Å²) in [5.74, 6) is 0.830. The van der Waals surface area contributed by atoms with Gasteiger partial charge in [0, 0.05) is 43.8 Å². The molecule has 24 heavy (non-hydrogen) atoms. The second kappa shape index (κ2) is 7.77. The summed E-state index contributed by atoms with van der Waals surface area (Å²) in [4.78, 5) is 22.0. The van der Waals surface area contributed by atoms with Crippen molar-refractivity contribution in [3.05, 3.63) is 45.9 Å². The number of ether oxygens (including phenoxy) is 1. The van der Waals surface area contributed by atoms with Crippen LogP contribution >= 0.6 is 11.3 Å². The van der Waals surface area contributed by atoms with Gasteiger partial charge in [-0.2, -0.15) is 0 Å². The zero-order chi connectivity index (χ0) is 16.9. The van der Waals surface area contributed by atoms with E-state index in [1.807, 2.05) is 42.6 Å². The van der Waals surface area contributed by atoms with Gasteiger partial charge in [-0.15, -0.1) is 11.3 Å². The lowest BCUT2D eigenvalue weighted by molar-refractivity contribution is -0.135. The number of hydrogen-bond acceptors (Lipinski definition) is 5. The Morgan fingerprint density at radius 1 is 1.17 bits per heavy atom. The number of benzene rings is 1. The maximum atomic E-state index is 12.3. The molecule has 0 atom stereocenters. The van der Waals surface area contributed by atoms with E-state index in [1.54, 1.807) is 11.3 Å². The second-order valence-corrected chi connectivity index (χ2v) is 7.21. The summed E-state index contributed by atoms with van der Waals surface area (Å²) in [6.45, 7) is 8.40. The summed E-state index contributed by atoms with van der Waals surface area (Å²) in [6.07, 6.45) is 1.92. The average Bonchev–Trinajstić information content (AvgIpc) is 3.05. The molecule has 1 aromatic carbocycles. The van der Waals surface area contributed by atoms with Crippen molar-refractivity contribution in [3.63, 3.8) is 0 Å². The highest BCUT2D eigenvalue weighted by Crippen LogP contribution is 2.16. The van der Waals surface area contributed by atoms with Gasteiger partial charge in [-0.1, -0.05) is 6.07 Å². The minimum Gasteiger partial charge on any atom is -0.484 e. The van der Waals surface area contributed by atoms with Crippen molar-refractivity contribution in [2.45, 2.75) is 20.4 Å². The van der Waals surface area contributed by atoms with Gasteiger partial charge in [0.05, 0.1) is 5.51 Å². The lowest BCUT2D eigenvalue weighted by Gasteiger charge is -2.34. The molecule has 1 aliphatic heterocycles. The Balaban J connectivity index is 1.45. The minimum absolute atomic E-state index is 0.0617. The minimum atomic E-state index is 0.0617. The molecule has 3 rings (SSSR count). The summed E-state index contributed by atoms with van der Waals surface area (Å²) < 4.78 is 5.68. The summed E-state index contributed by atoms with van der Waals surface area (Å²) in [5.41, 5.74) is 4.16. The molecule has 5 nitrogen and oxygen atoms in total. The third-order valence-corrected chi connectivity index (χ3v) is 4.91. The van der Waals surface area contributed by atoms with Crippen molar-refractivity contribution >= 4 is 17.2 Å². The van der Waals surface area contributed by atoms with E-state index >= 15 is 0 Å². The lowest BCUT2D eigenvalue weighted by atomic mass is 10.1. The third-order valence-electron chi connectivity index (χ3n) is 4.15. The number of nitrogens with zero attached hydrogens (tertiary/aromatic N) is 3. The van der Waals surface area contributed by atoms with Gasteiger partial charge in [-0.3, -0.25) is 14.7 Å². The summed E-state index contributed by atoms with van der Waals surface area (Å²) in [6, 6.07) is 6.03. The van der Waals surface area contributed by atoms with E-state index in [0.717, 1.165) is 49.6 Å². The number of thiazole rings is 1. The first-order valence-electron chi connectivity index (χ1n) is 8.19. The largest absolute Gasteiger partial charge is 0.484 e. The van der Waals surface area contributed by atoms with E-state index in [9.17, 15) is 4.79 Å². The van der Waals surface area contributed by atoms with E-state index in [2.05, 4.69) is 16.0 Å². The van der Waals surface area contributed by atoms with Gasteiger partial charge in [0.2, 0.25) is 0 Å². The normalized spacial score (nSPS) is 15.5. The van der Waals surface area contributed by atoms with Gasteiger partial charge in [-0.05, 0) is 37.1 Å². The first kappa shape index (κ1) is 16.9. The quantitative estimate of drug-likeness (QED) is 0.835. The molecule has 1 aromatic heterocycles. The summed E-state index contributed by atoms with van der Waals surface area (Å²) in [5, 5.41) is 0. The molecule has 2 aromatic rings. The molecule has 0 aliphatic carbocycles. The Labute approximate surface area is 146 Å². The summed E-state index contributed by atoms with van der Waals surface area (Å²) in [7, 11) is 0. The topological polar surface area (TPSA) is 45.7 Å². The molecule has 0 spiro atoms. The van der Waals surface area contributed by atoms with Crippen LogP contribution in [0.2, 0.25) is 0 Å². The van der Waals surface area contributed by atoms with E-state index in [-0.39, 0.29) is 12.5 Å². The van der Waals surface area contributed by atoms with Crippen molar-refractivity contribution in [2.24, 2.45) is 0 Å². The van der Waals surface area contributed by atoms with Gasteiger partial charge in [0.25, 0.3) is 5.91 Å². The SMILES string of the molecule is Cc1cc(C)cc(OCC(=O)N2CCN(Cc3cncs3)CC2)c1. The highest BCUT2D eigenvalue weighted by atomic mass is 32.1. The molecule has 0 bridgehead atoms. The fourth-order valence-corrected chi connectivity index (χ4v) is 3.58. The zero-order valence-electron chi connectivity index (χ0n) is 14.2. The van der Waals surface area contributed by atoms with Crippen molar-refractivity contribution in [3.8, 4) is 5.75 Å². The molecule has 1 fully saturated rings. The van der Waals surface area contributed by atoms with Crippen LogP contribution in [0.3, 0.4) is 0 Å². The highest BCUT2D eigenvalue weighted by molar-refractivity contribution is 7.09. The Hall–Kier alpha value is -1.92. The number of amides is 1. The number of aryl methyl sites for hydroxylation is 2. The van der Waals surface area contributed by atoms with Crippen LogP contribution in [0, 0.1) is 13.8 Å². The number of carbonyl (C=O) groups excluding carboxylic acids is 1. The molecule has 1 aliphatic rings. The highest BCUT2D eigenvalue weighted by Gasteiger charge is 2.21. The fourth-order valence-electron chi connectivity index (χ4n) is 2.95. The Kier molecular flexibility index (Phi) is 5.48. The van der Waals surface area contributed by atoms with Crippen LogP contribution in [0.1, 0.15) is 16.0 Å². The van der Waals surface area contributed by atoms with Crippen LogP contribution in [0.4, 0.5) is 0 Å². The van der Waals surface area contributed by atoms with Crippen LogP contribution in [-0.4, -0.2) is 53.5 Å². The predicted octanol–water partition coefficient (Wildman–Crippen LogP) is 2.48. The Morgan fingerprint density at radius 3 is 2.50 bits per heavy atom. The van der Waals surface area contributed by atoms with E-state index < -0.39 is 0 Å². The molecule has 0 saturated carbocycles. The number of carbonyl (C=O) groups is 1. The first-order valence-corrected chi connectivity index (χ1v) is 9.07. The monoisotopic (exact) mass is 345 g/mol. The maximum Gasteiger partial charge on any atom is 0.260 e. The van der Waals surface area contributed by atoms with E-state index in [0.29, 0.717) is 0 Å². The van der Waals surface area contributed by atoms with Crippen LogP contribution < -0.4 is 4.74 Å².